The van der Waals surface area contributed by atoms with Crippen molar-refractivity contribution in [3.05, 3.63) is 17.7 Å². The fourth-order valence-electron chi connectivity index (χ4n) is 4.92. The molecule has 0 N–H and O–H groups in total. The Bertz CT molecular complexity index is 812. The Labute approximate surface area is 155 Å². The van der Waals surface area contributed by atoms with Gasteiger partial charge in [0.25, 0.3) is 0 Å². The number of carbonyl (C=O) groups excluding carboxylic acids is 1. The van der Waals surface area contributed by atoms with Gasteiger partial charge in [0.15, 0.2) is 9.84 Å². The standard InChI is InChI=1S/C19H29N3O3S/c1-19(2)16(8-11-26(19,24)25)18(23)21-9-5-6-14(13-21)17-20-12-15-7-3-4-10-22(15)17/h12,14,16H,3-11,13H2,1-2H3. The van der Waals surface area contributed by atoms with E-state index < -0.39 is 20.5 Å². The van der Waals surface area contributed by atoms with Crippen LogP contribution in [0.25, 0.3) is 0 Å². The van der Waals surface area contributed by atoms with Crippen LogP contribution in [0, 0.1) is 5.92 Å². The average Bonchev–Trinajstić information content (AvgIpc) is 3.13. The highest BCUT2D eigenvalue weighted by molar-refractivity contribution is 7.93. The van der Waals surface area contributed by atoms with Gasteiger partial charge in [-0.05, 0) is 52.4 Å². The summed E-state index contributed by atoms with van der Waals surface area (Å²) in [7, 11) is -3.19. The molecule has 0 aliphatic carbocycles. The van der Waals surface area contributed by atoms with Crippen LogP contribution >= 0.6 is 0 Å². The van der Waals surface area contributed by atoms with E-state index in [1.807, 2.05) is 11.1 Å². The molecule has 0 bridgehead atoms. The van der Waals surface area contributed by atoms with E-state index in [2.05, 4.69) is 4.57 Å². The third-order valence-corrected chi connectivity index (χ3v) is 9.41. The van der Waals surface area contributed by atoms with Gasteiger partial charge in [-0.1, -0.05) is 0 Å². The van der Waals surface area contributed by atoms with Gasteiger partial charge < -0.3 is 9.47 Å². The maximum atomic E-state index is 13.1. The number of aromatic nitrogens is 2. The molecule has 2 saturated heterocycles. The van der Waals surface area contributed by atoms with Gasteiger partial charge in [-0.3, -0.25) is 4.79 Å². The molecule has 1 aromatic rings. The third kappa shape index (κ3) is 2.79. The van der Waals surface area contributed by atoms with Gasteiger partial charge in [0, 0.05) is 37.4 Å². The summed E-state index contributed by atoms with van der Waals surface area (Å²) in [6, 6.07) is 0. The maximum Gasteiger partial charge on any atom is 0.227 e. The molecule has 1 aromatic heterocycles. The zero-order chi connectivity index (χ0) is 18.5. The fourth-order valence-corrected chi connectivity index (χ4v) is 6.64. The zero-order valence-electron chi connectivity index (χ0n) is 15.8. The summed E-state index contributed by atoms with van der Waals surface area (Å²) in [4.78, 5) is 19.7. The number of fused-ring (bicyclic) bond motifs is 1. The van der Waals surface area contributed by atoms with Crippen molar-refractivity contribution in [3.8, 4) is 0 Å². The van der Waals surface area contributed by atoms with Gasteiger partial charge in [-0.25, -0.2) is 13.4 Å². The van der Waals surface area contributed by atoms with Crippen molar-refractivity contribution in [3.63, 3.8) is 0 Å². The number of sulfone groups is 1. The second-order valence-electron chi connectivity index (χ2n) is 8.60. The lowest BCUT2D eigenvalue weighted by molar-refractivity contribution is -0.137. The molecule has 26 heavy (non-hydrogen) atoms. The van der Waals surface area contributed by atoms with E-state index in [4.69, 9.17) is 4.98 Å². The van der Waals surface area contributed by atoms with E-state index >= 15 is 0 Å². The lowest BCUT2D eigenvalue weighted by Crippen LogP contribution is -2.48. The topological polar surface area (TPSA) is 72.3 Å². The molecular formula is C19H29N3O3S. The fraction of sp³-hybridized carbons (Fsp3) is 0.789. The average molecular weight is 380 g/mol. The van der Waals surface area contributed by atoms with Crippen LogP contribution in [0.1, 0.15) is 63.4 Å². The zero-order valence-corrected chi connectivity index (χ0v) is 16.6. The molecule has 6 nitrogen and oxygen atoms in total. The van der Waals surface area contributed by atoms with Gasteiger partial charge in [0.1, 0.15) is 5.82 Å². The van der Waals surface area contributed by atoms with Crippen molar-refractivity contribution < 1.29 is 13.2 Å². The minimum Gasteiger partial charge on any atom is -0.342 e. The lowest BCUT2D eigenvalue weighted by Gasteiger charge is -2.36. The number of nitrogens with zero attached hydrogens (tertiary/aromatic N) is 3. The molecule has 1 amide bonds. The molecule has 2 fully saturated rings. The monoisotopic (exact) mass is 379 g/mol. The van der Waals surface area contributed by atoms with Gasteiger partial charge in [0.2, 0.25) is 5.91 Å². The Morgan fingerprint density at radius 3 is 2.73 bits per heavy atom. The molecule has 0 radical (unpaired) electrons. The van der Waals surface area contributed by atoms with E-state index in [1.165, 1.54) is 18.5 Å². The number of hydrogen-bond acceptors (Lipinski definition) is 4. The predicted octanol–water partition coefficient (Wildman–Crippen LogP) is 2.14. The number of imidazole rings is 1. The first kappa shape index (κ1) is 18.0. The number of carbonyl (C=O) groups is 1. The van der Waals surface area contributed by atoms with Crippen molar-refractivity contribution in [2.24, 2.45) is 5.92 Å². The summed E-state index contributed by atoms with van der Waals surface area (Å²) in [5.41, 5.74) is 1.32. The van der Waals surface area contributed by atoms with Gasteiger partial charge in [0.05, 0.1) is 16.4 Å². The Morgan fingerprint density at radius 2 is 2.00 bits per heavy atom. The van der Waals surface area contributed by atoms with Crippen LogP contribution in [-0.2, 0) is 27.6 Å². The molecule has 3 aliphatic heterocycles. The van der Waals surface area contributed by atoms with Crippen molar-refractivity contribution >= 4 is 15.7 Å². The maximum absolute atomic E-state index is 13.1. The summed E-state index contributed by atoms with van der Waals surface area (Å²) in [5.74, 6) is 1.12. The SMILES string of the molecule is CC1(C)C(C(=O)N2CCCC(c3ncc4n3CCCC4)C2)CCS1(=O)=O. The quantitative estimate of drug-likeness (QED) is 0.789. The van der Waals surface area contributed by atoms with Crippen LogP contribution in [-0.4, -0.2) is 52.4 Å². The highest BCUT2D eigenvalue weighted by Gasteiger charge is 2.52. The van der Waals surface area contributed by atoms with E-state index in [9.17, 15) is 13.2 Å². The smallest absolute Gasteiger partial charge is 0.227 e. The normalized spacial score (nSPS) is 30.2. The summed E-state index contributed by atoms with van der Waals surface area (Å²) in [5, 5.41) is 0. The number of piperidine rings is 1. The minimum atomic E-state index is -3.19. The first-order valence-electron chi connectivity index (χ1n) is 9.86. The predicted molar refractivity (Wildman–Crippen MR) is 99.7 cm³/mol. The number of hydrogen-bond donors (Lipinski definition) is 0. The Kier molecular flexibility index (Phi) is 4.40. The molecule has 0 saturated carbocycles. The Balaban J connectivity index is 1.52. The second kappa shape index (κ2) is 6.36. The third-order valence-electron chi connectivity index (χ3n) is 6.75. The molecule has 7 heteroatoms. The van der Waals surface area contributed by atoms with E-state index in [1.54, 1.807) is 13.8 Å². The summed E-state index contributed by atoms with van der Waals surface area (Å²) in [6.07, 6.45) is 7.98. The molecule has 2 unspecified atom stereocenters. The van der Waals surface area contributed by atoms with Gasteiger partial charge in [-0.2, -0.15) is 0 Å². The number of likely N-dealkylation sites (tertiary alicyclic amines) is 1. The molecule has 0 aromatic carbocycles. The highest BCUT2D eigenvalue weighted by atomic mass is 32.2. The van der Waals surface area contributed by atoms with Crippen LogP contribution in [0.3, 0.4) is 0 Å². The largest absolute Gasteiger partial charge is 0.342 e. The first-order chi connectivity index (χ1) is 12.3. The van der Waals surface area contributed by atoms with Crippen molar-refractivity contribution in [1.82, 2.24) is 14.5 Å². The van der Waals surface area contributed by atoms with Crippen LogP contribution in [0.4, 0.5) is 0 Å². The van der Waals surface area contributed by atoms with E-state index in [-0.39, 0.29) is 17.6 Å². The summed E-state index contributed by atoms with van der Waals surface area (Å²) in [6.45, 7) is 5.86. The number of aryl methyl sites for hydroxylation is 1. The number of rotatable bonds is 2. The van der Waals surface area contributed by atoms with Crippen molar-refractivity contribution in [2.75, 3.05) is 18.8 Å². The van der Waals surface area contributed by atoms with Gasteiger partial charge >= 0.3 is 0 Å². The van der Waals surface area contributed by atoms with E-state index in [0.717, 1.165) is 38.2 Å². The van der Waals surface area contributed by atoms with Crippen molar-refractivity contribution in [1.29, 1.82) is 0 Å². The molecular weight excluding hydrogens is 350 g/mol. The molecule has 4 heterocycles. The molecule has 0 spiro atoms. The number of amides is 1. The van der Waals surface area contributed by atoms with Gasteiger partial charge in [-0.15, -0.1) is 0 Å². The highest BCUT2D eigenvalue weighted by Crippen LogP contribution is 2.39. The molecule has 3 aliphatic rings. The Hall–Kier alpha value is -1.37. The van der Waals surface area contributed by atoms with Crippen LogP contribution in [0.2, 0.25) is 0 Å². The van der Waals surface area contributed by atoms with Crippen molar-refractivity contribution in [2.45, 2.75) is 69.6 Å². The molecule has 2 atom stereocenters. The first-order valence-corrected chi connectivity index (χ1v) is 11.5. The van der Waals surface area contributed by atoms with E-state index in [0.29, 0.717) is 13.0 Å². The van der Waals surface area contributed by atoms with Crippen LogP contribution < -0.4 is 0 Å². The summed E-state index contributed by atoms with van der Waals surface area (Å²) >= 11 is 0. The molecule has 144 valence electrons. The second-order valence-corrected chi connectivity index (χ2v) is 11.3. The minimum absolute atomic E-state index is 0.0196. The summed E-state index contributed by atoms with van der Waals surface area (Å²) < 4.78 is 26.0. The Morgan fingerprint density at radius 1 is 1.19 bits per heavy atom. The molecule has 4 rings (SSSR count). The lowest BCUT2D eigenvalue weighted by atomic mass is 9.89. The van der Waals surface area contributed by atoms with Crippen LogP contribution in [0.15, 0.2) is 6.20 Å². The van der Waals surface area contributed by atoms with Crippen LogP contribution in [0.5, 0.6) is 0 Å².